The fourth-order valence-corrected chi connectivity index (χ4v) is 11.8. The fraction of sp³-hybridized carbons (Fsp3) is 0.423. The molecule has 1 saturated heterocycles. The van der Waals surface area contributed by atoms with E-state index in [9.17, 15) is 19.2 Å². The highest BCUT2D eigenvalue weighted by Gasteiger charge is 2.53. The maximum atomic E-state index is 16.0. The molecule has 22 nitrogen and oxygen atoms in total. The van der Waals surface area contributed by atoms with Crippen LogP contribution in [0.5, 0.6) is 11.5 Å². The quantitative estimate of drug-likeness (QED) is 0.0205. The summed E-state index contributed by atoms with van der Waals surface area (Å²) in [7, 11) is 4.25. The summed E-state index contributed by atoms with van der Waals surface area (Å²) >= 11 is 0. The van der Waals surface area contributed by atoms with E-state index < -0.39 is 120 Å². The average molecular weight is 1370 g/mol. The summed E-state index contributed by atoms with van der Waals surface area (Å²) in [6, 6.07) is 45.4. The molecule has 2 heterocycles. The van der Waals surface area contributed by atoms with Crippen molar-refractivity contribution in [2.24, 2.45) is 5.92 Å². The second-order valence-corrected chi connectivity index (χ2v) is 27.1. The lowest BCUT2D eigenvalue weighted by Gasteiger charge is -2.47. The number of amides is 5. The molecule has 1 aliphatic heterocycles. The van der Waals surface area contributed by atoms with E-state index >= 15 is 9.59 Å². The summed E-state index contributed by atoms with van der Waals surface area (Å²) in [5, 5.41) is 18.3. The Morgan fingerprint density at radius 1 is 0.530 bits per heavy atom. The van der Waals surface area contributed by atoms with Gasteiger partial charge in [-0.05, 0) is 125 Å². The van der Waals surface area contributed by atoms with Crippen LogP contribution in [0.1, 0.15) is 96.6 Å². The van der Waals surface area contributed by atoms with Crippen LogP contribution in [0.3, 0.4) is 0 Å². The molecule has 11 atom stereocenters. The van der Waals surface area contributed by atoms with Crippen LogP contribution in [-0.4, -0.2) is 147 Å². The molecule has 6 aromatic carbocycles. The minimum atomic E-state index is -1.43. The van der Waals surface area contributed by atoms with E-state index in [1.165, 1.54) is 14.2 Å². The first-order valence-electron chi connectivity index (χ1n) is 33.8. The number of nitrogens with one attached hydrogen (secondary N) is 6. The van der Waals surface area contributed by atoms with E-state index in [-0.39, 0.29) is 45.0 Å². The lowest BCUT2D eigenvalue weighted by molar-refractivity contribution is -0.318. The van der Waals surface area contributed by atoms with E-state index in [2.05, 4.69) is 31.9 Å². The molecule has 0 aliphatic carbocycles. The van der Waals surface area contributed by atoms with Gasteiger partial charge in [-0.2, -0.15) is 0 Å². The molecule has 5 amide bonds. The van der Waals surface area contributed by atoms with E-state index in [1.807, 2.05) is 138 Å². The molecule has 0 unspecified atom stereocenters. The Kier molecular flexibility index (Phi) is 28.1. The number of carbonyl (C=O) groups excluding carboxylic acids is 6. The van der Waals surface area contributed by atoms with Crippen LogP contribution in [0.4, 0.5) is 5.69 Å². The van der Waals surface area contributed by atoms with Crippen LogP contribution in [0.2, 0.25) is 0 Å². The van der Waals surface area contributed by atoms with E-state index in [4.69, 9.17) is 47.6 Å². The topological polar surface area (TPSA) is 271 Å². The number of fused-ring (bicyclic) bond motifs is 1. The van der Waals surface area contributed by atoms with Gasteiger partial charge in [0.05, 0.1) is 63.5 Å². The Bertz CT molecular complexity index is 3750. The number of methoxy groups -OCH3 is 3. The van der Waals surface area contributed by atoms with E-state index in [0.29, 0.717) is 39.2 Å². The van der Waals surface area contributed by atoms with Crippen LogP contribution >= 0.6 is 0 Å². The molecule has 100 heavy (non-hydrogen) atoms. The van der Waals surface area contributed by atoms with Gasteiger partial charge in [0.1, 0.15) is 71.7 Å². The van der Waals surface area contributed by atoms with E-state index in [0.717, 1.165) is 16.7 Å². The zero-order chi connectivity index (χ0) is 71.9. The van der Waals surface area contributed by atoms with Crippen molar-refractivity contribution in [3.63, 3.8) is 0 Å². The Balaban J connectivity index is 1.09. The van der Waals surface area contributed by atoms with Crippen LogP contribution in [0.15, 0.2) is 176 Å². The Morgan fingerprint density at radius 2 is 1.06 bits per heavy atom. The molecule has 8 rings (SSSR count). The van der Waals surface area contributed by atoms with Crippen molar-refractivity contribution < 1.29 is 71.4 Å². The maximum absolute atomic E-state index is 16.0. The molecule has 22 heteroatoms. The highest BCUT2D eigenvalue weighted by Crippen LogP contribution is 2.36. The summed E-state index contributed by atoms with van der Waals surface area (Å²) in [6.45, 7) is 16.2. The minimum Gasteiger partial charge on any atom is -0.496 e. The number of pyridine rings is 1. The second kappa shape index (κ2) is 36.7. The largest absolute Gasteiger partial charge is 0.496 e. The summed E-state index contributed by atoms with van der Waals surface area (Å²) in [4.78, 5) is 92.7. The molecular formula is C78H97N7O15. The molecule has 1 aliphatic rings. The highest BCUT2D eigenvalue weighted by atomic mass is 16.7. The Hall–Kier alpha value is -9.29. The van der Waals surface area contributed by atoms with Gasteiger partial charge in [-0.3, -0.25) is 29.0 Å². The minimum absolute atomic E-state index is 0.0396. The van der Waals surface area contributed by atoms with E-state index in [1.54, 1.807) is 108 Å². The number of hydrogen-bond donors (Lipinski definition) is 6. The van der Waals surface area contributed by atoms with Gasteiger partial charge in [-0.15, -0.1) is 0 Å². The van der Waals surface area contributed by atoms with Crippen molar-refractivity contribution in [1.82, 2.24) is 31.6 Å². The van der Waals surface area contributed by atoms with Crippen molar-refractivity contribution in [1.29, 1.82) is 0 Å². The first-order valence-corrected chi connectivity index (χ1v) is 33.8. The summed E-state index contributed by atoms with van der Waals surface area (Å²) < 4.78 is 57.1. The van der Waals surface area contributed by atoms with Gasteiger partial charge in [-0.25, -0.2) is 4.79 Å². The zero-order valence-corrected chi connectivity index (χ0v) is 59.2. The van der Waals surface area contributed by atoms with Crippen LogP contribution in [-0.2, 0) is 94.6 Å². The third-order valence-electron chi connectivity index (χ3n) is 16.4. The molecule has 534 valence electrons. The highest BCUT2D eigenvalue weighted by molar-refractivity contribution is 5.99. The number of hydrogen-bond acceptors (Lipinski definition) is 17. The third kappa shape index (κ3) is 22.9. The van der Waals surface area contributed by atoms with Crippen LogP contribution in [0, 0.1) is 5.92 Å². The van der Waals surface area contributed by atoms with Crippen LogP contribution in [0.25, 0.3) is 10.9 Å². The lowest BCUT2D eigenvalue weighted by atomic mass is 9.91. The van der Waals surface area contributed by atoms with Gasteiger partial charge in [0.2, 0.25) is 29.5 Å². The fourth-order valence-electron chi connectivity index (χ4n) is 11.8. The molecule has 0 spiro atoms. The first-order chi connectivity index (χ1) is 47.9. The first kappa shape index (κ1) is 76.5. The Morgan fingerprint density at radius 3 is 1.60 bits per heavy atom. The number of aromatic nitrogens is 1. The second-order valence-electron chi connectivity index (χ2n) is 27.1. The number of esters is 1. The predicted molar refractivity (Wildman–Crippen MR) is 380 cm³/mol. The smallest absolute Gasteiger partial charge is 0.328 e. The molecule has 1 aromatic heterocycles. The van der Waals surface area contributed by atoms with Crippen molar-refractivity contribution >= 4 is 52.1 Å². The summed E-state index contributed by atoms with van der Waals surface area (Å²) in [6.07, 6.45) is -4.73. The van der Waals surface area contributed by atoms with Crippen molar-refractivity contribution in [3.05, 3.63) is 204 Å². The number of rotatable bonds is 34. The van der Waals surface area contributed by atoms with Gasteiger partial charge in [-0.1, -0.05) is 147 Å². The standard InChI is InChI=1S/C78H97N7O15/c1-49(2)42-59(72(88)82-60(43-51-26-17-13-18-27-51)71(87)80-45-63(86)85-64(50(3)99-77(4,5)6)73(89)84-61(75(91)93-11)44-52-35-37-56(38-36-52)100-78(7,8)9)83-74(90)66(81-58-39-40-62(92-10)57-34-25-41-79-65(57)58)67-68(95-46-53-28-19-14-20-29-53)69(96-47-54-30-21-15-22-31-54)70(76(94-12)98-67)97-48-55-32-23-16-24-33-55/h13-41,49-50,59-61,64,66-70,76,81H,42-48H2,1-12H3,(H,80,87)(H,82,88)(H,83,90)(H,84,89)(H,85,86)/t50-,59-,60-,61-,64+,66-,67+,68+,69-,70+,76-/m0/s1. The van der Waals surface area contributed by atoms with Gasteiger partial charge in [0.25, 0.3) is 0 Å². The van der Waals surface area contributed by atoms with Crippen molar-refractivity contribution in [2.45, 2.75) is 180 Å². The predicted octanol–water partition coefficient (Wildman–Crippen LogP) is 9.29. The molecule has 0 saturated carbocycles. The molecule has 1 fully saturated rings. The van der Waals surface area contributed by atoms with Gasteiger partial charge in [0, 0.05) is 31.5 Å². The lowest BCUT2D eigenvalue weighted by Crippen LogP contribution is -2.67. The SMILES string of the molecule is COC(=O)[C@H](Cc1ccc(OC(C)(C)C)cc1)NC(=O)[C@H](NC(=O)CNC(=O)[C@H](Cc1ccccc1)NC(=O)[C@H](CC(C)C)NC(=O)[C@@H](Nc1ccc(OC)c2cccnc12)[C@H]1O[C@H](OC)[C@H](OCc2ccccc2)[C@@H](OCc2ccccc2)[C@@H]1OCc1ccccc1)[C@H](C)OC(C)(C)C. The molecule has 0 bridgehead atoms. The average Bonchev–Trinajstić information content (AvgIpc) is 0.768. The van der Waals surface area contributed by atoms with Crippen molar-refractivity contribution in [3.8, 4) is 11.5 Å². The Labute approximate surface area is 586 Å². The maximum Gasteiger partial charge on any atom is 0.328 e. The normalized spacial score (nSPS) is 18.0. The van der Waals surface area contributed by atoms with Gasteiger partial charge in [0.15, 0.2) is 6.29 Å². The zero-order valence-electron chi connectivity index (χ0n) is 59.2. The third-order valence-corrected chi connectivity index (χ3v) is 16.4. The van der Waals surface area contributed by atoms with Crippen LogP contribution < -0.4 is 41.4 Å². The molecular weight excluding hydrogens is 1270 g/mol. The molecule has 0 radical (unpaired) electrons. The number of benzene rings is 6. The van der Waals surface area contributed by atoms with Crippen molar-refractivity contribution in [2.75, 3.05) is 33.2 Å². The summed E-state index contributed by atoms with van der Waals surface area (Å²) in [5.41, 5.74) is 3.55. The van der Waals surface area contributed by atoms with Gasteiger partial charge < -0.3 is 74.5 Å². The van der Waals surface area contributed by atoms with Gasteiger partial charge >= 0.3 is 5.97 Å². The number of anilines is 1. The number of nitrogens with zero attached hydrogens (tertiary/aromatic N) is 1. The summed E-state index contributed by atoms with van der Waals surface area (Å²) in [5.74, 6) is -3.50. The number of ether oxygens (including phenoxy) is 9. The molecule has 6 N–H and O–H groups in total. The monoisotopic (exact) mass is 1370 g/mol. The number of carbonyl (C=O) groups is 6. The molecule has 7 aromatic rings.